The Kier molecular flexibility index (Phi) is 8.05. The molecule has 4 nitrogen and oxygen atoms in total. The van der Waals surface area contributed by atoms with Crippen molar-refractivity contribution in [2.75, 3.05) is 0 Å². The summed E-state index contributed by atoms with van der Waals surface area (Å²) >= 11 is 1.83. The van der Waals surface area contributed by atoms with Gasteiger partial charge in [0, 0.05) is 69.8 Å². The standard InChI is InChI=1S/C58H36N4S/c1-4-16-37(17-5-1)50-36-51(38-18-6-2-7-19-38)60-58(59-50)47-27-15-26-46-45-25-14-24-42(56(45)63-57(46)47)39-30-32-54-48(34-39)43-22-10-13-29-53(43)62(54)41-31-33-55-49(35-41)44-23-11-12-28-52(44)61(55)40-20-8-3-9-21-40/h1-36H. The lowest BCUT2D eigenvalue weighted by Gasteiger charge is -2.11. The largest absolute Gasteiger partial charge is 0.309 e. The first-order valence-corrected chi connectivity index (χ1v) is 22.1. The van der Waals surface area contributed by atoms with Crippen LogP contribution in [-0.2, 0) is 0 Å². The molecule has 0 amide bonds. The molecule has 0 atom stereocenters. The lowest BCUT2D eigenvalue weighted by Crippen LogP contribution is -1.95. The van der Waals surface area contributed by atoms with Gasteiger partial charge in [0.05, 0.1) is 33.5 Å². The van der Waals surface area contributed by atoms with Crippen LogP contribution in [0.25, 0.3) is 120 Å². The third-order valence-corrected chi connectivity index (χ3v) is 13.8. The van der Waals surface area contributed by atoms with Gasteiger partial charge in [0.15, 0.2) is 5.82 Å². The second kappa shape index (κ2) is 14.2. The van der Waals surface area contributed by atoms with Crippen LogP contribution < -0.4 is 0 Å². The van der Waals surface area contributed by atoms with Crippen LogP contribution in [-0.4, -0.2) is 19.1 Å². The van der Waals surface area contributed by atoms with E-state index in [0.29, 0.717) is 0 Å². The van der Waals surface area contributed by atoms with E-state index in [1.165, 1.54) is 74.9 Å². The Morgan fingerprint density at radius 3 is 1.41 bits per heavy atom. The van der Waals surface area contributed by atoms with Crippen molar-refractivity contribution in [3.8, 4) is 56.4 Å². The molecule has 0 fully saturated rings. The molecule has 0 aliphatic rings. The van der Waals surface area contributed by atoms with E-state index in [0.717, 1.165) is 45.3 Å². The Bertz CT molecular complexity index is 3840. The van der Waals surface area contributed by atoms with Gasteiger partial charge in [0.1, 0.15) is 0 Å². The fraction of sp³-hybridized carbons (Fsp3) is 0. The maximum absolute atomic E-state index is 5.23. The highest BCUT2D eigenvalue weighted by molar-refractivity contribution is 7.26. The summed E-state index contributed by atoms with van der Waals surface area (Å²) in [6.07, 6.45) is 0. The van der Waals surface area contributed by atoms with E-state index in [1.54, 1.807) is 0 Å². The topological polar surface area (TPSA) is 35.6 Å². The highest BCUT2D eigenvalue weighted by Crippen LogP contribution is 2.45. The summed E-state index contributed by atoms with van der Waals surface area (Å²) < 4.78 is 7.25. The number of benzene rings is 9. The predicted molar refractivity (Wildman–Crippen MR) is 265 cm³/mol. The minimum atomic E-state index is 0.728. The zero-order valence-electron chi connectivity index (χ0n) is 34.0. The summed E-state index contributed by atoms with van der Waals surface area (Å²) in [5.74, 6) is 0.728. The number of thiophene rings is 1. The summed E-state index contributed by atoms with van der Waals surface area (Å²) in [4.78, 5) is 10.5. The van der Waals surface area contributed by atoms with Crippen LogP contribution in [0.3, 0.4) is 0 Å². The van der Waals surface area contributed by atoms with Crippen LogP contribution in [0.15, 0.2) is 218 Å². The van der Waals surface area contributed by atoms with Crippen molar-refractivity contribution in [3.63, 3.8) is 0 Å². The van der Waals surface area contributed by atoms with Crippen LogP contribution >= 0.6 is 11.3 Å². The van der Waals surface area contributed by atoms with Crippen molar-refractivity contribution in [2.45, 2.75) is 0 Å². The van der Waals surface area contributed by atoms with Gasteiger partial charge in [-0.3, -0.25) is 0 Å². The monoisotopic (exact) mass is 820 g/mol. The van der Waals surface area contributed by atoms with Crippen LogP contribution in [0.2, 0.25) is 0 Å². The van der Waals surface area contributed by atoms with Gasteiger partial charge in [-0.1, -0.05) is 152 Å². The molecule has 0 unspecified atom stereocenters. The molecule has 0 N–H and O–H groups in total. The third kappa shape index (κ3) is 5.67. The molecule has 0 radical (unpaired) electrons. The van der Waals surface area contributed by atoms with Crippen molar-refractivity contribution < 1.29 is 0 Å². The van der Waals surface area contributed by atoms with Crippen molar-refractivity contribution in [3.05, 3.63) is 218 Å². The average molecular weight is 821 g/mol. The van der Waals surface area contributed by atoms with Crippen LogP contribution in [0.5, 0.6) is 0 Å². The second-order valence-corrected chi connectivity index (χ2v) is 17.2. The summed E-state index contributed by atoms with van der Waals surface area (Å²) in [5, 5.41) is 7.39. The van der Waals surface area contributed by atoms with Gasteiger partial charge in [-0.05, 0) is 77.9 Å². The van der Waals surface area contributed by atoms with Crippen LogP contribution in [0, 0.1) is 0 Å². The summed E-state index contributed by atoms with van der Waals surface area (Å²) in [6, 6.07) is 78.4. The van der Waals surface area contributed by atoms with Crippen molar-refractivity contribution in [1.29, 1.82) is 0 Å². The molecular formula is C58H36N4S. The lowest BCUT2D eigenvalue weighted by atomic mass is 10.00. The molecule has 4 heterocycles. The van der Waals surface area contributed by atoms with Crippen molar-refractivity contribution in [2.24, 2.45) is 0 Å². The zero-order valence-corrected chi connectivity index (χ0v) is 34.8. The quantitative estimate of drug-likeness (QED) is 0.167. The molecule has 0 aliphatic carbocycles. The molecule has 9 aromatic carbocycles. The van der Waals surface area contributed by atoms with Crippen LogP contribution in [0.1, 0.15) is 0 Å². The fourth-order valence-electron chi connectivity index (χ4n) is 9.68. The van der Waals surface area contributed by atoms with Gasteiger partial charge >= 0.3 is 0 Å². The highest BCUT2D eigenvalue weighted by atomic mass is 32.1. The van der Waals surface area contributed by atoms with E-state index >= 15 is 0 Å². The summed E-state index contributed by atoms with van der Waals surface area (Å²) in [7, 11) is 0. The van der Waals surface area contributed by atoms with E-state index in [1.807, 2.05) is 23.5 Å². The SMILES string of the molecule is c1ccc(-c2cc(-c3ccccc3)nc(-c3cccc4c3sc3c(-c5ccc6c(c5)c5ccccc5n6-c5ccc6c(c5)c5ccccc5n6-c5ccccc5)cccc34)n2)cc1. The molecule has 0 bridgehead atoms. The minimum Gasteiger partial charge on any atom is -0.309 e. The van der Waals surface area contributed by atoms with Gasteiger partial charge in [-0.15, -0.1) is 11.3 Å². The fourth-order valence-corrected chi connectivity index (χ4v) is 11.0. The number of nitrogens with zero attached hydrogens (tertiary/aromatic N) is 4. The Balaban J connectivity index is 0.971. The molecule has 294 valence electrons. The van der Waals surface area contributed by atoms with Crippen molar-refractivity contribution >= 4 is 75.1 Å². The number of rotatable bonds is 6. The average Bonchev–Trinajstić information content (AvgIpc) is 4.02. The smallest absolute Gasteiger partial charge is 0.161 e. The van der Waals surface area contributed by atoms with Crippen LogP contribution in [0.4, 0.5) is 0 Å². The minimum absolute atomic E-state index is 0.728. The first-order chi connectivity index (χ1) is 31.2. The van der Waals surface area contributed by atoms with E-state index in [9.17, 15) is 0 Å². The lowest BCUT2D eigenvalue weighted by molar-refractivity contribution is 1.17. The van der Waals surface area contributed by atoms with Gasteiger partial charge < -0.3 is 9.13 Å². The molecule has 0 saturated carbocycles. The number of hydrogen-bond donors (Lipinski definition) is 0. The Morgan fingerprint density at radius 1 is 0.302 bits per heavy atom. The normalized spacial score (nSPS) is 11.8. The van der Waals surface area contributed by atoms with E-state index < -0.39 is 0 Å². The molecule has 0 aliphatic heterocycles. The van der Waals surface area contributed by atoms with Gasteiger partial charge in [-0.25, -0.2) is 9.97 Å². The first kappa shape index (κ1) is 35.6. The molecule has 0 spiro atoms. The van der Waals surface area contributed by atoms with Crippen molar-refractivity contribution in [1.82, 2.24) is 19.1 Å². The number of aromatic nitrogens is 4. The number of fused-ring (bicyclic) bond motifs is 9. The third-order valence-electron chi connectivity index (χ3n) is 12.5. The molecule has 63 heavy (non-hydrogen) atoms. The first-order valence-electron chi connectivity index (χ1n) is 21.3. The molecular weight excluding hydrogens is 785 g/mol. The van der Waals surface area contributed by atoms with E-state index in [4.69, 9.17) is 9.97 Å². The molecule has 13 aromatic rings. The Labute approximate surface area is 367 Å². The summed E-state index contributed by atoms with van der Waals surface area (Å²) in [6.45, 7) is 0. The molecule has 0 saturated heterocycles. The maximum Gasteiger partial charge on any atom is 0.161 e. The Morgan fingerprint density at radius 2 is 0.778 bits per heavy atom. The van der Waals surface area contributed by atoms with Gasteiger partial charge in [0.25, 0.3) is 0 Å². The van der Waals surface area contributed by atoms with Gasteiger partial charge in [-0.2, -0.15) is 0 Å². The Hall–Kier alpha value is -8.12. The molecule has 4 aromatic heterocycles. The zero-order chi connectivity index (χ0) is 41.4. The maximum atomic E-state index is 5.23. The summed E-state index contributed by atoms with van der Waals surface area (Å²) in [5.41, 5.74) is 14.5. The number of hydrogen-bond acceptors (Lipinski definition) is 3. The molecule has 5 heteroatoms. The van der Waals surface area contributed by atoms with E-state index in [-0.39, 0.29) is 0 Å². The predicted octanol–water partition coefficient (Wildman–Crippen LogP) is 15.7. The highest BCUT2D eigenvalue weighted by Gasteiger charge is 2.20. The number of para-hydroxylation sites is 3. The van der Waals surface area contributed by atoms with E-state index in [2.05, 4.69) is 215 Å². The van der Waals surface area contributed by atoms with Gasteiger partial charge in [0.2, 0.25) is 0 Å². The second-order valence-electron chi connectivity index (χ2n) is 16.1. The molecule has 13 rings (SSSR count).